The monoisotopic (exact) mass is 218 g/mol. The van der Waals surface area contributed by atoms with Crippen LogP contribution in [0.1, 0.15) is 18.9 Å². The highest BCUT2D eigenvalue weighted by molar-refractivity contribution is 7.99. The van der Waals surface area contributed by atoms with Crippen LogP contribution < -0.4 is 0 Å². The second-order valence-corrected chi connectivity index (χ2v) is 4.93. The Labute approximate surface area is 88.7 Å². The highest BCUT2D eigenvalue weighted by Crippen LogP contribution is 2.19. The summed E-state index contributed by atoms with van der Waals surface area (Å²) in [5.41, 5.74) is 1.29. The zero-order valence-corrected chi connectivity index (χ0v) is 9.61. The molecule has 0 aliphatic heterocycles. The minimum atomic E-state index is 0.637. The van der Waals surface area contributed by atoms with Crippen LogP contribution >= 0.6 is 23.4 Å². The van der Waals surface area contributed by atoms with E-state index in [1.807, 2.05) is 29.7 Å². The molecule has 1 heterocycles. The minimum absolute atomic E-state index is 0.637. The average Bonchev–Trinajstić information content (AvgIpc) is 2.49. The molecule has 13 heavy (non-hydrogen) atoms. The first-order valence-corrected chi connectivity index (χ1v) is 5.96. The number of hydrogen-bond donors (Lipinski definition) is 0. The van der Waals surface area contributed by atoms with Gasteiger partial charge < -0.3 is 0 Å². The van der Waals surface area contributed by atoms with Gasteiger partial charge in [0.05, 0.1) is 6.20 Å². The van der Waals surface area contributed by atoms with Crippen molar-refractivity contribution in [2.24, 2.45) is 7.05 Å². The van der Waals surface area contributed by atoms with Crippen LogP contribution in [0.2, 0.25) is 0 Å². The van der Waals surface area contributed by atoms with Gasteiger partial charge in [-0.05, 0) is 12.0 Å². The number of thioether (sulfide) groups is 1. The van der Waals surface area contributed by atoms with Gasteiger partial charge in [0.25, 0.3) is 0 Å². The second kappa shape index (κ2) is 5.55. The van der Waals surface area contributed by atoms with Gasteiger partial charge in [-0.2, -0.15) is 16.9 Å². The van der Waals surface area contributed by atoms with Crippen molar-refractivity contribution in [3.63, 3.8) is 0 Å². The molecule has 0 fully saturated rings. The molecule has 4 heteroatoms. The van der Waals surface area contributed by atoms with E-state index in [4.69, 9.17) is 11.6 Å². The largest absolute Gasteiger partial charge is 0.276 e. The lowest BCUT2D eigenvalue weighted by atomic mass is 10.4. The molecule has 1 unspecified atom stereocenters. The predicted molar refractivity (Wildman–Crippen MR) is 59.3 cm³/mol. The van der Waals surface area contributed by atoms with Crippen molar-refractivity contribution in [3.05, 3.63) is 18.0 Å². The van der Waals surface area contributed by atoms with E-state index in [-0.39, 0.29) is 0 Å². The summed E-state index contributed by atoms with van der Waals surface area (Å²) in [5, 5.41) is 4.75. The molecule has 0 spiro atoms. The van der Waals surface area contributed by atoms with E-state index >= 15 is 0 Å². The van der Waals surface area contributed by atoms with Gasteiger partial charge in [-0.15, -0.1) is 11.6 Å². The average molecular weight is 219 g/mol. The zero-order chi connectivity index (χ0) is 9.68. The van der Waals surface area contributed by atoms with Crippen LogP contribution in [0.15, 0.2) is 12.4 Å². The molecule has 74 valence electrons. The summed E-state index contributed by atoms with van der Waals surface area (Å²) in [6.07, 6.45) is 5.05. The van der Waals surface area contributed by atoms with Crippen LogP contribution in [0.4, 0.5) is 0 Å². The van der Waals surface area contributed by atoms with Gasteiger partial charge in [0.2, 0.25) is 0 Å². The van der Waals surface area contributed by atoms with Crippen molar-refractivity contribution in [2.45, 2.75) is 24.3 Å². The predicted octanol–water partition coefficient (Wildman–Crippen LogP) is 2.67. The first-order chi connectivity index (χ1) is 6.22. The number of nitrogens with zero attached hydrogens (tertiary/aromatic N) is 2. The van der Waals surface area contributed by atoms with Crippen LogP contribution in [0.25, 0.3) is 0 Å². The molecule has 0 N–H and O–H groups in total. The number of hydrogen-bond acceptors (Lipinski definition) is 2. The molecular weight excluding hydrogens is 204 g/mol. The summed E-state index contributed by atoms with van der Waals surface area (Å²) in [4.78, 5) is 0. The third-order valence-electron chi connectivity index (χ3n) is 1.81. The summed E-state index contributed by atoms with van der Waals surface area (Å²) < 4.78 is 1.84. The normalized spacial score (nSPS) is 13.2. The topological polar surface area (TPSA) is 17.8 Å². The summed E-state index contributed by atoms with van der Waals surface area (Å²) in [6.45, 7) is 2.21. The lowest BCUT2D eigenvalue weighted by Gasteiger charge is -2.07. The van der Waals surface area contributed by atoms with E-state index in [1.165, 1.54) is 5.56 Å². The van der Waals surface area contributed by atoms with Crippen molar-refractivity contribution < 1.29 is 0 Å². The van der Waals surface area contributed by atoms with Gasteiger partial charge in [0.1, 0.15) is 0 Å². The Bertz CT molecular complexity index is 250. The second-order valence-electron chi connectivity index (χ2n) is 3.12. The number of aromatic nitrogens is 2. The fourth-order valence-electron chi connectivity index (χ4n) is 1.02. The van der Waals surface area contributed by atoms with Crippen molar-refractivity contribution in [3.8, 4) is 0 Å². The maximum Gasteiger partial charge on any atom is 0.0530 e. The summed E-state index contributed by atoms with van der Waals surface area (Å²) in [5.74, 6) is 1.78. The van der Waals surface area contributed by atoms with E-state index in [1.54, 1.807) is 0 Å². The Balaban J connectivity index is 2.26. The van der Waals surface area contributed by atoms with Crippen molar-refractivity contribution in [1.29, 1.82) is 0 Å². The molecule has 0 amide bonds. The summed E-state index contributed by atoms with van der Waals surface area (Å²) in [6, 6.07) is 0. The van der Waals surface area contributed by atoms with E-state index in [9.17, 15) is 0 Å². The molecule has 1 aromatic rings. The van der Waals surface area contributed by atoms with Crippen LogP contribution in [-0.4, -0.2) is 20.9 Å². The highest BCUT2D eigenvalue weighted by Gasteiger charge is 2.03. The standard InChI is InChI=1S/C9H15ClN2S/c1-8(3-4-10)13-7-9-5-11-12(2)6-9/h5-6,8H,3-4,7H2,1-2H3. The maximum atomic E-state index is 5.65. The molecule has 1 atom stereocenters. The maximum absolute atomic E-state index is 5.65. The van der Waals surface area contributed by atoms with E-state index in [0.29, 0.717) is 5.25 Å². The van der Waals surface area contributed by atoms with Crippen LogP contribution in [0.3, 0.4) is 0 Å². The molecule has 0 aliphatic carbocycles. The van der Waals surface area contributed by atoms with Crippen LogP contribution in [-0.2, 0) is 12.8 Å². The zero-order valence-electron chi connectivity index (χ0n) is 8.03. The van der Waals surface area contributed by atoms with Crippen LogP contribution in [0.5, 0.6) is 0 Å². The molecule has 0 bridgehead atoms. The lowest BCUT2D eigenvalue weighted by Crippen LogP contribution is -1.97. The van der Waals surface area contributed by atoms with E-state index < -0.39 is 0 Å². The number of halogens is 1. The van der Waals surface area contributed by atoms with Gasteiger partial charge in [-0.3, -0.25) is 4.68 Å². The Hall–Kier alpha value is -0.150. The van der Waals surface area contributed by atoms with Crippen molar-refractivity contribution >= 4 is 23.4 Å². The number of rotatable bonds is 5. The Morgan fingerprint density at radius 3 is 3.00 bits per heavy atom. The smallest absolute Gasteiger partial charge is 0.0530 e. The summed E-state index contributed by atoms with van der Waals surface area (Å²) >= 11 is 7.58. The van der Waals surface area contributed by atoms with Gasteiger partial charge in [-0.1, -0.05) is 6.92 Å². The lowest BCUT2D eigenvalue weighted by molar-refractivity contribution is 0.767. The third-order valence-corrected chi connectivity index (χ3v) is 3.33. The van der Waals surface area contributed by atoms with Crippen molar-refractivity contribution in [2.75, 3.05) is 5.88 Å². The molecule has 1 rings (SSSR count). The van der Waals surface area contributed by atoms with Crippen LogP contribution in [0, 0.1) is 0 Å². The van der Waals surface area contributed by atoms with Gasteiger partial charge in [-0.25, -0.2) is 0 Å². The minimum Gasteiger partial charge on any atom is -0.276 e. The molecule has 1 aromatic heterocycles. The quantitative estimate of drug-likeness (QED) is 0.708. The van der Waals surface area contributed by atoms with Gasteiger partial charge >= 0.3 is 0 Å². The SMILES string of the molecule is CC(CCCl)SCc1cnn(C)c1. The third kappa shape index (κ3) is 4.05. The first kappa shape index (κ1) is 10.9. The van der Waals surface area contributed by atoms with Gasteiger partial charge in [0.15, 0.2) is 0 Å². The number of aryl methyl sites for hydroxylation is 1. The fourth-order valence-corrected chi connectivity index (χ4v) is 2.39. The first-order valence-electron chi connectivity index (χ1n) is 4.37. The van der Waals surface area contributed by atoms with Crippen molar-refractivity contribution in [1.82, 2.24) is 9.78 Å². The molecule has 2 nitrogen and oxygen atoms in total. The van der Waals surface area contributed by atoms with E-state index in [2.05, 4.69) is 18.2 Å². The Morgan fingerprint density at radius 1 is 1.69 bits per heavy atom. The molecule has 0 saturated carbocycles. The Morgan fingerprint density at radius 2 is 2.46 bits per heavy atom. The molecule has 0 aliphatic rings. The molecular formula is C9H15ClN2S. The summed E-state index contributed by atoms with van der Waals surface area (Å²) in [7, 11) is 1.94. The molecule has 0 radical (unpaired) electrons. The van der Waals surface area contributed by atoms with Gasteiger partial charge in [0, 0.05) is 30.1 Å². The molecule has 0 aromatic carbocycles. The number of alkyl halides is 1. The van der Waals surface area contributed by atoms with E-state index in [0.717, 1.165) is 18.1 Å². The highest BCUT2D eigenvalue weighted by atomic mass is 35.5. The fraction of sp³-hybridized carbons (Fsp3) is 0.667. The molecule has 0 saturated heterocycles. The Kier molecular flexibility index (Phi) is 4.67.